The van der Waals surface area contributed by atoms with Crippen LogP contribution in [-0.2, 0) is 16.0 Å². The van der Waals surface area contributed by atoms with E-state index in [0.29, 0.717) is 0 Å². The molecule has 2 rings (SSSR count). The molecule has 2 atom stereocenters. The first-order chi connectivity index (χ1) is 12.3. The normalized spacial score (nSPS) is 17.6. The van der Waals surface area contributed by atoms with Gasteiger partial charge in [0.05, 0.1) is 18.6 Å². The van der Waals surface area contributed by atoms with Crippen LogP contribution in [0, 0.1) is 5.92 Å². The van der Waals surface area contributed by atoms with Crippen molar-refractivity contribution in [1.82, 2.24) is 10.6 Å². The molecule has 1 aromatic carbocycles. The van der Waals surface area contributed by atoms with Crippen molar-refractivity contribution in [2.45, 2.75) is 51.8 Å². The molecule has 4 N–H and O–H groups in total. The van der Waals surface area contributed by atoms with Gasteiger partial charge in [-0.3, -0.25) is 9.59 Å². The number of nitrogens with two attached hydrogens (primary N) is 1. The minimum Gasteiger partial charge on any atom is -0.435 e. The number of benzene rings is 1. The van der Waals surface area contributed by atoms with Gasteiger partial charge in [-0.2, -0.15) is 8.78 Å². The van der Waals surface area contributed by atoms with Crippen LogP contribution in [0.3, 0.4) is 0 Å². The Morgan fingerprint density at radius 2 is 2.08 bits per heavy atom. The first-order valence-corrected chi connectivity index (χ1v) is 8.68. The number of hydrogen-bond donors (Lipinski definition) is 3. The van der Waals surface area contributed by atoms with E-state index in [1.807, 2.05) is 13.8 Å². The van der Waals surface area contributed by atoms with E-state index in [-0.39, 0.29) is 36.1 Å². The molecule has 0 bridgehead atoms. The molecule has 2 amide bonds. The summed E-state index contributed by atoms with van der Waals surface area (Å²) in [6.07, 6.45) is 2.30. The van der Waals surface area contributed by atoms with Gasteiger partial charge in [0.1, 0.15) is 5.75 Å². The van der Waals surface area contributed by atoms with Gasteiger partial charge < -0.3 is 21.1 Å². The predicted molar refractivity (Wildman–Crippen MR) is 92.7 cm³/mol. The Balaban J connectivity index is 1.95. The van der Waals surface area contributed by atoms with E-state index in [9.17, 15) is 18.4 Å². The van der Waals surface area contributed by atoms with Crippen molar-refractivity contribution in [3.63, 3.8) is 0 Å². The molecule has 0 heterocycles. The largest absolute Gasteiger partial charge is 0.435 e. The maximum absolute atomic E-state index is 12.3. The van der Waals surface area contributed by atoms with Crippen LogP contribution in [-0.4, -0.2) is 31.0 Å². The molecule has 26 heavy (non-hydrogen) atoms. The molecule has 1 aliphatic rings. The predicted octanol–water partition coefficient (Wildman–Crippen LogP) is 1.88. The van der Waals surface area contributed by atoms with Crippen LogP contribution in [0.15, 0.2) is 18.2 Å². The van der Waals surface area contributed by atoms with E-state index in [1.54, 1.807) is 12.1 Å². The fourth-order valence-electron chi connectivity index (χ4n) is 2.95. The fourth-order valence-corrected chi connectivity index (χ4v) is 2.95. The Morgan fingerprint density at radius 1 is 1.35 bits per heavy atom. The molecule has 0 saturated heterocycles. The minimum atomic E-state index is -2.87. The topological polar surface area (TPSA) is 93.5 Å². The summed E-state index contributed by atoms with van der Waals surface area (Å²) in [6.45, 7) is 0.635. The second kappa shape index (κ2) is 8.93. The van der Waals surface area contributed by atoms with E-state index in [1.165, 1.54) is 6.07 Å². The van der Waals surface area contributed by atoms with Gasteiger partial charge in [0.15, 0.2) is 0 Å². The molecule has 144 valence electrons. The van der Waals surface area contributed by atoms with Crippen molar-refractivity contribution in [2.75, 3.05) is 6.54 Å². The highest BCUT2D eigenvalue weighted by molar-refractivity contribution is 5.87. The fraction of sp³-hybridized carbons (Fsp3) is 0.556. The molecule has 0 aliphatic heterocycles. The number of alkyl halides is 2. The maximum atomic E-state index is 12.3. The first-order valence-electron chi connectivity index (χ1n) is 8.68. The van der Waals surface area contributed by atoms with Gasteiger partial charge in [0.25, 0.3) is 0 Å². The zero-order valence-electron chi connectivity index (χ0n) is 14.9. The average Bonchev–Trinajstić information content (AvgIpc) is 2.58. The highest BCUT2D eigenvalue weighted by Gasteiger charge is 2.23. The van der Waals surface area contributed by atoms with Crippen LogP contribution in [0.5, 0.6) is 5.75 Å². The minimum absolute atomic E-state index is 0.0204. The molecule has 0 fully saturated rings. The molecule has 1 aromatic rings. The Kier molecular flexibility index (Phi) is 6.90. The maximum Gasteiger partial charge on any atom is 0.387 e. The summed E-state index contributed by atoms with van der Waals surface area (Å²) in [5.41, 5.74) is 7.50. The number of rotatable bonds is 7. The highest BCUT2D eigenvalue weighted by atomic mass is 19.3. The number of ether oxygens (including phenoxy) is 1. The smallest absolute Gasteiger partial charge is 0.387 e. The molecule has 0 spiro atoms. The molecular formula is C18H25F2N3O3. The number of amides is 2. The average molecular weight is 369 g/mol. The van der Waals surface area contributed by atoms with Gasteiger partial charge in [-0.15, -0.1) is 0 Å². The SMILES string of the molecule is CC(C)[C@H](N)C(=O)NCC(=O)NC1CCCc2cc(OC(F)F)ccc21. The van der Waals surface area contributed by atoms with Crippen LogP contribution >= 0.6 is 0 Å². The Morgan fingerprint density at radius 3 is 2.73 bits per heavy atom. The zero-order valence-corrected chi connectivity index (χ0v) is 14.9. The highest BCUT2D eigenvalue weighted by Crippen LogP contribution is 2.32. The van der Waals surface area contributed by atoms with Crippen LogP contribution in [0.4, 0.5) is 8.78 Å². The van der Waals surface area contributed by atoms with Gasteiger partial charge in [-0.05, 0) is 48.4 Å². The van der Waals surface area contributed by atoms with Crippen LogP contribution < -0.4 is 21.1 Å². The summed E-state index contributed by atoms with van der Waals surface area (Å²) in [5.74, 6) is -0.596. The van der Waals surface area contributed by atoms with Crippen LogP contribution in [0.2, 0.25) is 0 Å². The number of carbonyl (C=O) groups is 2. The second-order valence-corrected chi connectivity index (χ2v) is 6.74. The molecule has 0 saturated carbocycles. The van der Waals surface area contributed by atoms with Gasteiger partial charge in [0, 0.05) is 0 Å². The van der Waals surface area contributed by atoms with Crippen LogP contribution in [0.25, 0.3) is 0 Å². The van der Waals surface area contributed by atoms with E-state index in [0.717, 1.165) is 30.4 Å². The molecule has 1 aliphatic carbocycles. The monoisotopic (exact) mass is 369 g/mol. The summed E-state index contributed by atoms with van der Waals surface area (Å²) in [5, 5.41) is 5.40. The number of halogens is 2. The van der Waals surface area contributed by atoms with Gasteiger partial charge in [-0.1, -0.05) is 19.9 Å². The molecule has 1 unspecified atom stereocenters. The third-order valence-electron chi connectivity index (χ3n) is 4.43. The van der Waals surface area contributed by atoms with Crippen molar-refractivity contribution in [2.24, 2.45) is 11.7 Å². The van der Waals surface area contributed by atoms with Crippen molar-refractivity contribution < 1.29 is 23.1 Å². The standard InChI is InChI=1S/C18H25F2N3O3/c1-10(2)16(21)17(25)22-9-15(24)23-14-5-3-4-11-8-12(26-18(19)20)6-7-13(11)14/h6-8,10,14,16,18H,3-5,9,21H2,1-2H3,(H,22,25)(H,23,24)/t14?,16-/m0/s1. The van der Waals surface area contributed by atoms with Gasteiger partial charge in [-0.25, -0.2) is 0 Å². The molecular weight excluding hydrogens is 344 g/mol. The second-order valence-electron chi connectivity index (χ2n) is 6.74. The Bertz CT molecular complexity index is 653. The molecule has 0 radical (unpaired) electrons. The summed E-state index contributed by atoms with van der Waals surface area (Å²) < 4.78 is 29.1. The van der Waals surface area contributed by atoms with Crippen molar-refractivity contribution >= 4 is 11.8 Å². The number of nitrogens with one attached hydrogen (secondary N) is 2. The Hall–Kier alpha value is -2.22. The zero-order chi connectivity index (χ0) is 19.3. The van der Waals surface area contributed by atoms with E-state index >= 15 is 0 Å². The third-order valence-corrected chi connectivity index (χ3v) is 4.43. The number of hydrogen-bond acceptors (Lipinski definition) is 4. The molecule has 6 nitrogen and oxygen atoms in total. The summed E-state index contributed by atoms with van der Waals surface area (Å²) in [6, 6.07) is 3.88. The van der Waals surface area contributed by atoms with Gasteiger partial charge >= 0.3 is 6.61 Å². The van der Waals surface area contributed by atoms with Crippen molar-refractivity contribution in [3.8, 4) is 5.75 Å². The van der Waals surface area contributed by atoms with Crippen molar-refractivity contribution in [3.05, 3.63) is 29.3 Å². The third kappa shape index (κ3) is 5.39. The lowest BCUT2D eigenvalue weighted by atomic mass is 9.87. The quantitative estimate of drug-likeness (QED) is 0.684. The first kappa shape index (κ1) is 20.1. The van der Waals surface area contributed by atoms with E-state index in [2.05, 4.69) is 15.4 Å². The lowest BCUT2D eigenvalue weighted by Crippen LogP contribution is -2.47. The van der Waals surface area contributed by atoms with E-state index < -0.39 is 12.7 Å². The Labute approximate surface area is 151 Å². The summed E-state index contributed by atoms with van der Waals surface area (Å²) in [4.78, 5) is 24.0. The van der Waals surface area contributed by atoms with Crippen molar-refractivity contribution in [1.29, 1.82) is 0 Å². The summed E-state index contributed by atoms with van der Waals surface area (Å²) >= 11 is 0. The van der Waals surface area contributed by atoms with E-state index in [4.69, 9.17) is 5.73 Å². The van der Waals surface area contributed by atoms with Gasteiger partial charge in [0.2, 0.25) is 11.8 Å². The van der Waals surface area contributed by atoms with Crippen LogP contribution in [0.1, 0.15) is 43.9 Å². The lowest BCUT2D eigenvalue weighted by molar-refractivity contribution is -0.127. The number of carbonyl (C=O) groups excluding carboxylic acids is 2. The number of fused-ring (bicyclic) bond motifs is 1. The number of aryl methyl sites for hydroxylation is 1. The summed E-state index contributed by atoms with van der Waals surface area (Å²) in [7, 11) is 0. The lowest BCUT2D eigenvalue weighted by Gasteiger charge is -2.27. The molecule has 8 heteroatoms. The molecule has 0 aromatic heterocycles.